The zero-order chi connectivity index (χ0) is 14.4. The molecule has 20 heavy (non-hydrogen) atoms. The van der Waals surface area contributed by atoms with Gasteiger partial charge in [0.05, 0.1) is 19.8 Å². The van der Waals surface area contributed by atoms with Crippen molar-refractivity contribution >= 4 is 11.8 Å². The van der Waals surface area contributed by atoms with E-state index in [-0.39, 0.29) is 11.8 Å². The summed E-state index contributed by atoms with van der Waals surface area (Å²) in [5.74, 6) is -0.108. The number of carbonyl (C=O) groups is 2. The molecule has 0 aromatic heterocycles. The van der Waals surface area contributed by atoms with Crippen LogP contribution in [0.5, 0.6) is 0 Å². The topological polar surface area (TPSA) is 73.9 Å². The predicted octanol–water partition coefficient (Wildman–Crippen LogP) is -1.74. The van der Waals surface area contributed by atoms with E-state index in [2.05, 4.69) is 15.5 Å². The van der Waals surface area contributed by atoms with Crippen molar-refractivity contribution in [2.75, 3.05) is 59.0 Å². The lowest BCUT2D eigenvalue weighted by Crippen LogP contribution is -2.53. The van der Waals surface area contributed by atoms with Gasteiger partial charge in [-0.25, -0.2) is 0 Å². The van der Waals surface area contributed by atoms with Gasteiger partial charge in [0.25, 0.3) is 0 Å². The fraction of sp³-hybridized carbons (Fsp3) is 0.846. The monoisotopic (exact) mass is 284 g/mol. The van der Waals surface area contributed by atoms with Crippen molar-refractivity contribution < 1.29 is 14.3 Å². The maximum Gasteiger partial charge on any atom is 0.245 e. The lowest BCUT2D eigenvalue weighted by Gasteiger charge is -2.30. The number of hydrogen-bond acceptors (Lipinski definition) is 5. The van der Waals surface area contributed by atoms with Crippen molar-refractivity contribution in [2.45, 2.75) is 13.0 Å². The summed E-state index contributed by atoms with van der Waals surface area (Å²) in [5.41, 5.74) is 0. The van der Waals surface area contributed by atoms with E-state index >= 15 is 0 Å². The van der Waals surface area contributed by atoms with Crippen LogP contribution in [0.25, 0.3) is 0 Å². The summed E-state index contributed by atoms with van der Waals surface area (Å²) in [7, 11) is 0. The van der Waals surface area contributed by atoms with Crippen LogP contribution in [0.4, 0.5) is 0 Å². The van der Waals surface area contributed by atoms with E-state index in [0.29, 0.717) is 32.8 Å². The quantitative estimate of drug-likeness (QED) is 0.641. The third-order valence-electron chi connectivity index (χ3n) is 3.65. The second kappa shape index (κ2) is 7.56. The molecule has 7 nitrogen and oxygen atoms in total. The van der Waals surface area contributed by atoms with Crippen molar-refractivity contribution in [3.63, 3.8) is 0 Å². The van der Waals surface area contributed by atoms with Gasteiger partial charge < -0.3 is 20.3 Å². The first-order valence-corrected chi connectivity index (χ1v) is 7.26. The molecule has 2 fully saturated rings. The summed E-state index contributed by atoms with van der Waals surface area (Å²) in [6.45, 7) is 8.05. The molecule has 2 rings (SSSR count). The van der Waals surface area contributed by atoms with Gasteiger partial charge >= 0.3 is 0 Å². The summed E-state index contributed by atoms with van der Waals surface area (Å²) < 4.78 is 5.22. The molecule has 7 heteroatoms. The number of carbonyl (C=O) groups excluding carboxylic acids is 2. The first kappa shape index (κ1) is 15.2. The Bertz CT molecular complexity index is 339. The number of rotatable bonds is 4. The molecule has 0 bridgehead atoms. The van der Waals surface area contributed by atoms with Crippen molar-refractivity contribution in [1.82, 2.24) is 20.4 Å². The van der Waals surface area contributed by atoms with Crippen LogP contribution in [0.3, 0.4) is 0 Å². The zero-order valence-electron chi connectivity index (χ0n) is 12.1. The van der Waals surface area contributed by atoms with Crippen molar-refractivity contribution in [1.29, 1.82) is 0 Å². The summed E-state index contributed by atoms with van der Waals surface area (Å²) >= 11 is 0. The van der Waals surface area contributed by atoms with E-state index < -0.39 is 6.04 Å². The first-order valence-electron chi connectivity index (χ1n) is 7.26. The largest absolute Gasteiger partial charge is 0.378 e. The maximum atomic E-state index is 12.2. The SMILES string of the molecule is CC(NC(=O)CN1CCNCC1)C(=O)N1CCOCC1. The second-order valence-electron chi connectivity index (χ2n) is 5.25. The lowest BCUT2D eigenvalue weighted by atomic mass is 10.2. The Morgan fingerprint density at radius 2 is 1.85 bits per heavy atom. The number of nitrogens with zero attached hydrogens (tertiary/aromatic N) is 2. The highest BCUT2D eigenvalue weighted by Crippen LogP contribution is 2.01. The molecule has 1 unspecified atom stereocenters. The molecular weight excluding hydrogens is 260 g/mol. The molecule has 0 aromatic carbocycles. The molecule has 0 radical (unpaired) electrons. The van der Waals surface area contributed by atoms with Gasteiger partial charge in [-0.3, -0.25) is 14.5 Å². The van der Waals surface area contributed by atoms with Crippen LogP contribution in [0.15, 0.2) is 0 Å². The number of amides is 2. The summed E-state index contributed by atoms with van der Waals surface area (Å²) in [6, 6.07) is -0.469. The Morgan fingerprint density at radius 1 is 1.20 bits per heavy atom. The highest BCUT2D eigenvalue weighted by Gasteiger charge is 2.24. The van der Waals surface area contributed by atoms with Crippen LogP contribution in [0.1, 0.15) is 6.92 Å². The first-order chi connectivity index (χ1) is 9.66. The molecule has 0 spiro atoms. The Balaban J connectivity index is 1.73. The van der Waals surface area contributed by atoms with E-state index in [9.17, 15) is 9.59 Å². The third-order valence-corrected chi connectivity index (χ3v) is 3.65. The van der Waals surface area contributed by atoms with E-state index in [0.717, 1.165) is 26.2 Å². The Morgan fingerprint density at radius 3 is 2.50 bits per heavy atom. The fourth-order valence-electron chi connectivity index (χ4n) is 2.48. The highest BCUT2D eigenvalue weighted by molar-refractivity contribution is 5.88. The average molecular weight is 284 g/mol. The fourth-order valence-corrected chi connectivity index (χ4v) is 2.48. The minimum Gasteiger partial charge on any atom is -0.378 e. The average Bonchev–Trinajstić information content (AvgIpc) is 2.48. The van der Waals surface area contributed by atoms with Crippen LogP contribution in [-0.2, 0) is 14.3 Å². The number of piperazine rings is 1. The van der Waals surface area contributed by atoms with Crippen molar-refractivity contribution in [3.05, 3.63) is 0 Å². The Hall–Kier alpha value is -1.18. The molecule has 2 aliphatic heterocycles. The second-order valence-corrected chi connectivity index (χ2v) is 5.25. The maximum absolute atomic E-state index is 12.2. The molecular formula is C13H24N4O3. The molecule has 0 saturated carbocycles. The third kappa shape index (κ3) is 4.43. The van der Waals surface area contributed by atoms with Gasteiger partial charge in [0.15, 0.2) is 0 Å². The number of hydrogen-bond donors (Lipinski definition) is 2. The summed E-state index contributed by atoms with van der Waals surface area (Å²) in [4.78, 5) is 27.9. The molecule has 2 aliphatic rings. The van der Waals surface area contributed by atoms with Crippen LogP contribution < -0.4 is 10.6 Å². The highest BCUT2D eigenvalue weighted by atomic mass is 16.5. The predicted molar refractivity (Wildman–Crippen MR) is 74.3 cm³/mol. The van der Waals surface area contributed by atoms with Gasteiger partial charge in [0.2, 0.25) is 11.8 Å². The van der Waals surface area contributed by atoms with E-state index in [1.165, 1.54) is 0 Å². The van der Waals surface area contributed by atoms with Crippen molar-refractivity contribution in [3.8, 4) is 0 Å². The minimum atomic E-state index is -0.469. The molecule has 1 atom stereocenters. The minimum absolute atomic E-state index is 0.0260. The van der Waals surface area contributed by atoms with Crippen LogP contribution in [-0.4, -0.2) is 86.7 Å². The van der Waals surface area contributed by atoms with Gasteiger partial charge in [-0.1, -0.05) is 0 Å². The van der Waals surface area contributed by atoms with Crippen LogP contribution in [0.2, 0.25) is 0 Å². The number of ether oxygens (including phenoxy) is 1. The number of nitrogens with one attached hydrogen (secondary N) is 2. The molecule has 0 aliphatic carbocycles. The smallest absolute Gasteiger partial charge is 0.245 e. The Kier molecular flexibility index (Phi) is 5.75. The molecule has 2 amide bonds. The standard InChI is InChI=1S/C13H24N4O3/c1-11(13(19)17-6-8-20-9-7-17)15-12(18)10-16-4-2-14-3-5-16/h11,14H,2-10H2,1H3,(H,15,18). The van der Waals surface area contributed by atoms with Crippen LogP contribution >= 0.6 is 0 Å². The molecule has 0 aromatic rings. The lowest BCUT2D eigenvalue weighted by molar-refractivity contribution is -0.139. The normalized spacial score (nSPS) is 22.4. The Labute approximate surface area is 119 Å². The van der Waals surface area contributed by atoms with Gasteiger partial charge in [0.1, 0.15) is 6.04 Å². The molecule has 2 heterocycles. The summed E-state index contributed by atoms with van der Waals surface area (Å²) in [5, 5.41) is 6.04. The molecule has 2 saturated heterocycles. The molecule has 114 valence electrons. The van der Waals surface area contributed by atoms with Gasteiger partial charge in [-0.05, 0) is 6.92 Å². The van der Waals surface area contributed by atoms with E-state index in [1.807, 2.05) is 0 Å². The van der Waals surface area contributed by atoms with Crippen LogP contribution in [0, 0.1) is 0 Å². The number of morpholine rings is 1. The summed E-state index contributed by atoms with van der Waals surface area (Å²) in [6.07, 6.45) is 0. The van der Waals surface area contributed by atoms with Crippen molar-refractivity contribution in [2.24, 2.45) is 0 Å². The van der Waals surface area contributed by atoms with Gasteiger partial charge in [-0.15, -0.1) is 0 Å². The van der Waals surface area contributed by atoms with Gasteiger partial charge in [-0.2, -0.15) is 0 Å². The molecule has 2 N–H and O–H groups in total. The van der Waals surface area contributed by atoms with Gasteiger partial charge in [0, 0.05) is 39.3 Å². The van der Waals surface area contributed by atoms with E-state index in [1.54, 1.807) is 11.8 Å². The van der Waals surface area contributed by atoms with E-state index in [4.69, 9.17) is 4.74 Å². The zero-order valence-corrected chi connectivity index (χ0v) is 12.1.